The van der Waals surface area contributed by atoms with Crippen molar-refractivity contribution in [2.75, 3.05) is 24.5 Å². The van der Waals surface area contributed by atoms with Gasteiger partial charge in [0, 0.05) is 18.8 Å². The monoisotopic (exact) mass is 312 g/mol. The Labute approximate surface area is 138 Å². The lowest BCUT2D eigenvalue weighted by atomic mass is 9.89. The average Bonchev–Trinajstić information content (AvgIpc) is 2.60. The van der Waals surface area contributed by atoms with Crippen LogP contribution in [0.15, 0.2) is 48.5 Å². The Morgan fingerprint density at radius 2 is 1.78 bits per heavy atom. The summed E-state index contributed by atoms with van der Waals surface area (Å²) in [5.74, 6) is 0.484. The fourth-order valence-corrected chi connectivity index (χ4v) is 3.46. The standard InChI is InChI=1S/C20H25FN2/c21-19-13-16(5-4-10-22)14-20(15-19)23-11-8-18(9-12-23)17-6-2-1-3-7-17/h1-3,6-7,13-15,18H,4-5,8-12,22H2. The normalized spacial score (nSPS) is 15.8. The van der Waals surface area contributed by atoms with E-state index < -0.39 is 0 Å². The molecule has 0 saturated carbocycles. The van der Waals surface area contributed by atoms with Crippen molar-refractivity contribution in [3.63, 3.8) is 0 Å². The van der Waals surface area contributed by atoms with Gasteiger partial charge in [-0.15, -0.1) is 0 Å². The summed E-state index contributed by atoms with van der Waals surface area (Å²) >= 11 is 0. The number of piperidine rings is 1. The molecule has 2 N–H and O–H groups in total. The molecule has 1 fully saturated rings. The molecule has 2 nitrogen and oxygen atoms in total. The molecule has 1 heterocycles. The minimum atomic E-state index is -0.139. The van der Waals surface area contributed by atoms with E-state index in [0.29, 0.717) is 12.5 Å². The first-order chi connectivity index (χ1) is 11.3. The molecule has 3 heteroatoms. The van der Waals surface area contributed by atoms with Crippen molar-refractivity contribution < 1.29 is 4.39 Å². The van der Waals surface area contributed by atoms with Crippen LogP contribution in [0.3, 0.4) is 0 Å². The summed E-state index contributed by atoms with van der Waals surface area (Å²) in [5, 5.41) is 0. The number of hydrogen-bond acceptors (Lipinski definition) is 2. The second-order valence-corrected chi connectivity index (χ2v) is 6.38. The number of nitrogens with zero attached hydrogens (tertiary/aromatic N) is 1. The van der Waals surface area contributed by atoms with Crippen molar-refractivity contribution >= 4 is 5.69 Å². The molecule has 2 aromatic rings. The Morgan fingerprint density at radius 1 is 1.04 bits per heavy atom. The van der Waals surface area contributed by atoms with Gasteiger partial charge in [-0.3, -0.25) is 0 Å². The molecular weight excluding hydrogens is 287 g/mol. The molecule has 1 saturated heterocycles. The molecule has 3 rings (SSSR count). The Kier molecular flexibility index (Phi) is 5.29. The van der Waals surface area contributed by atoms with Gasteiger partial charge in [0.25, 0.3) is 0 Å². The van der Waals surface area contributed by atoms with Crippen molar-refractivity contribution in [3.8, 4) is 0 Å². The predicted octanol–water partition coefficient (Wildman–Crippen LogP) is 4.10. The molecular formula is C20H25FN2. The van der Waals surface area contributed by atoms with Crippen LogP contribution < -0.4 is 10.6 Å². The maximum absolute atomic E-state index is 13.9. The number of hydrogen-bond donors (Lipinski definition) is 1. The van der Waals surface area contributed by atoms with Gasteiger partial charge in [0.15, 0.2) is 0 Å². The number of aryl methyl sites for hydroxylation is 1. The van der Waals surface area contributed by atoms with Gasteiger partial charge in [-0.1, -0.05) is 30.3 Å². The van der Waals surface area contributed by atoms with Gasteiger partial charge in [0.2, 0.25) is 0 Å². The lowest BCUT2D eigenvalue weighted by Gasteiger charge is -2.34. The number of rotatable bonds is 5. The summed E-state index contributed by atoms with van der Waals surface area (Å²) < 4.78 is 13.9. The van der Waals surface area contributed by atoms with Crippen LogP contribution in [0, 0.1) is 5.82 Å². The van der Waals surface area contributed by atoms with E-state index in [0.717, 1.165) is 50.0 Å². The van der Waals surface area contributed by atoms with Gasteiger partial charge in [-0.05, 0) is 67.5 Å². The molecule has 2 aromatic carbocycles. The summed E-state index contributed by atoms with van der Waals surface area (Å²) in [6, 6.07) is 16.1. The Bertz CT molecular complexity index is 619. The van der Waals surface area contributed by atoms with E-state index >= 15 is 0 Å². The zero-order valence-electron chi connectivity index (χ0n) is 13.5. The smallest absolute Gasteiger partial charge is 0.125 e. The van der Waals surface area contributed by atoms with Crippen molar-refractivity contribution in [1.82, 2.24) is 0 Å². The van der Waals surface area contributed by atoms with Crippen LogP contribution in [0.5, 0.6) is 0 Å². The van der Waals surface area contributed by atoms with Gasteiger partial charge in [0.05, 0.1) is 0 Å². The molecule has 0 radical (unpaired) electrons. The lowest BCUT2D eigenvalue weighted by molar-refractivity contribution is 0.504. The largest absolute Gasteiger partial charge is 0.371 e. The van der Waals surface area contributed by atoms with E-state index in [1.807, 2.05) is 0 Å². The van der Waals surface area contributed by atoms with Gasteiger partial charge >= 0.3 is 0 Å². The molecule has 0 amide bonds. The van der Waals surface area contributed by atoms with Gasteiger partial charge in [-0.25, -0.2) is 4.39 Å². The highest BCUT2D eigenvalue weighted by atomic mass is 19.1. The van der Waals surface area contributed by atoms with E-state index in [2.05, 4.69) is 41.3 Å². The second kappa shape index (κ2) is 7.60. The minimum absolute atomic E-state index is 0.139. The van der Waals surface area contributed by atoms with E-state index in [1.165, 1.54) is 5.56 Å². The molecule has 0 aromatic heterocycles. The van der Waals surface area contributed by atoms with Gasteiger partial charge in [-0.2, -0.15) is 0 Å². The van der Waals surface area contributed by atoms with Crippen LogP contribution in [-0.2, 0) is 6.42 Å². The molecule has 0 aliphatic carbocycles. The lowest BCUT2D eigenvalue weighted by Crippen LogP contribution is -2.33. The zero-order chi connectivity index (χ0) is 16.1. The summed E-state index contributed by atoms with van der Waals surface area (Å²) in [5.41, 5.74) is 9.06. The third-order valence-corrected chi connectivity index (χ3v) is 4.74. The number of benzene rings is 2. The van der Waals surface area contributed by atoms with E-state index in [-0.39, 0.29) is 5.82 Å². The first kappa shape index (κ1) is 16.0. The molecule has 0 unspecified atom stereocenters. The van der Waals surface area contributed by atoms with Crippen LogP contribution >= 0.6 is 0 Å². The highest BCUT2D eigenvalue weighted by Crippen LogP contribution is 2.31. The van der Waals surface area contributed by atoms with Crippen LogP contribution in [0.2, 0.25) is 0 Å². The molecule has 0 spiro atoms. The van der Waals surface area contributed by atoms with Crippen LogP contribution in [0.1, 0.15) is 36.3 Å². The van der Waals surface area contributed by atoms with E-state index in [9.17, 15) is 4.39 Å². The van der Waals surface area contributed by atoms with Crippen LogP contribution in [-0.4, -0.2) is 19.6 Å². The quantitative estimate of drug-likeness (QED) is 0.900. The van der Waals surface area contributed by atoms with Crippen molar-refractivity contribution in [3.05, 3.63) is 65.5 Å². The summed E-state index contributed by atoms with van der Waals surface area (Å²) in [7, 11) is 0. The third kappa shape index (κ3) is 4.11. The van der Waals surface area contributed by atoms with Crippen molar-refractivity contribution in [1.29, 1.82) is 0 Å². The van der Waals surface area contributed by atoms with Gasteiger partial charge < -0.3 is 10.6 Å². The molecule has 122 valence electrons. The second-order valence-electron chi connectivity index (χ2n) is 6.38. The van der Waals surface area contributed by atoms with Crippen molar-refractivity contribution in [2.45, 2.75) is 31.6 Å². The number of halogens is 1. The minimum Gasteiger partial charge on any atom is -0.371 e. The predicted molar refractivity (Wildman–Crippen MR) is 94.4 cm³/mol. The molecule has 0 bridgehead atoms. The van der Waals surface area contributed by atoms with E-state index in [4.69, 9.17) is 5.73 Å². The summed E-state index contributed by atoms with van der Waals surface area (Å²) in [6.07, 6.45) is 4.00. The summed E-state index contributed by atoms with van der Waals surface area (Å²) in [4.78, 5) is 2.31. The Morgan fingerprint density at radius 3 is 2.48 bits per heavy atom. The molecule has 0 atom stereocenters. The average molecular weight is 312 g/mol. The SMILES string of the molecule is NCCCc1cc(F)cc(N2CCC(c3ccccc3)CC2)c1. The van der Waals surface area contributed by atoms with Crippen molar-refractivity contribution in [2.24, 2.45) is 5.73 Å². The van der Waals surface area contributed by atoms with E-state index in [1.54, 1.807) is 12.1 Å². The highest BCUT2D eigenvalue weighted by molar-refractivity contribution is 5.50. The topological polar surface area (TPSA) is 29.3 Å². The molecule has 1 aliphatic heterocycles. The Hall–Kier alpha value is -1.87. The van der Waals surface area contributed by atoms with Crippen LogP contribution in [0.25, 0.3) is 0 Å². The maximum atomic E-state index is 13.9. The van der Waals surface area contributed by atoms with Gasteiger partial charge in [0.1, 0.15) is 5.82 Å². The zero-order valence-corrected chi connectivity index (χ0v) is 13.5. The third-order valence-electron chi connectivity index (χ3n) is 4.74. The number of anilines is 1. The maximum Gasteiger partial charge on any atom is 0.125 e. The first-order valence-corrected chi connectivity index (χ1v) is 8.55. The fraction of sp³-hybridized carbons (Fsp3) is 0.400. The highest BCUT2D eigenvalue weighted by Gasteiger charge is 2.21. The Balaban J connectivity index is 1.66. The first-order valence-electron chi connectivity index (χ1n) is 8.55. The fourth-order valence-electron chi connectivity index (χ4n) is 3.46. The summed E-state index contributed by atoms with van der Waals surface area (Å²) in [6.45, 7) is 2.62. The van der Waals surface area contributed by atoms with Crippen LogP contribution in [0.4, 0.5) is 10.1 Å². The molecule has 23 heavy (non-hydrogen) atoms. The number of nitrogens with two attached hydrogens (primary N) is 1. The molecule has 1 aliphatic rings.